The van der Waals surface area contributed by atoms with Crippen LogP contribution in [0.15, 0.2) is 18.3 Å². The van der Waals surface area contributed by atoms with Gasteiger partial charge in [0.25, 0.3) is 0 Å². The van der Waals surface area contributed by atoms with Gasteiger partial charge in [0, 0.05) is 19.0 Å². The van der Waals surface area contributed by atoms with Gasteiger partial charge in [0.1, 0.15) is 5.75 Å². The predicted octanol–water partition coefficient (Wildman–Crippen LogP) is 3.29. The monoisotopic (exact) mass is 271 g/mol. The summed E-state index contributed by atoms with van der Waals surface area (Å²) in [4.78, 5) is 11.0. The maximum Gasteiger partial charge on any atom is 0.154 e. The fourth-order valence-corrected chi connectivity index (χ4v) is 3.71. The van der Waals surface area contributed by atoms with Gasteiger partial charge >= 0.3 is 0 Å². The first-order chi connectivity index (χ1) is 7.56. The Morgan fingerprint density at radius 3 is 2.75 bits per heavy atom. The largest absolute Gasteiger partial charge is 0.507 e. The van der Waals surface area contributed by atoms with Crippen molar-refractivity contribution >= 4 is 42.5 Å². The number of hydrogen-bond donors (Lipinski definition) is 1. The summed E-state index contributed by atoms with van der Waals surface area (Å²) in [5.74, 6) is 0.0505. The van der Waals surface area contributed by atoms with Crippen molar-refractivity contribution in [3.05, 3.63) is 29.5 Å². The third kappa shape index (κ3) is 1.78. The average Bonchev–Trinajstić information content (AvgIpc) is 2.62. The fraction of sp³-hybridized carbons (Fsp3) is 0.100. The molecule has 2 unspecified atom stereocenters. The molecule has 3 nitrogen and oxygen atoms in total. The lowest BCUT2D eigenvalue weighted by Crippen LogP contribution is -1.89. The van der Waals surface area contributed by atoms with Crippen LogP contribution in [0.5, 0.6) is 5.75 Å². The molecule has 6 heteroatoms. The lowest BCUT2D eigenvalue weighted by molar-refractivity contribution is 0.112. The minimum atomic E-state index is -0.449. The summed E-state index contributed by atoms with van der Waals surface area (Å²) >= 11 is 0. The zero-order valence-electron chi connectivity index (χ0n) is 8.71. The van der Waals surface area contributed by atoms with Gasteiger partial charge in [-0.3, -0.25) is 4.79 Å². The molecule has 0 fully saturated rings. The van der Waals surface area contributed by atoms with Crippen LogP contribution in [0, 0.1) is 6.92 Å². The molecule has 0 aliphatic rings. The predicted molar refractivity (Wildman–Crippen MR) is 75.5 cm³/mol. The van der Waals surface area contributed by atoms with Crippen LogP contribution in [0.1, 0.15) is 15.9 Å². The molecule has 1 heterocycles. The Hall–Kier alpha value is -0.480. The highest BCUT2D eigenvalue weighted by molar-refractivity contribution is 8.42. The smallest absolute Gasteiger partial charge is 0.154 e. The summed E-state index contributed by atoms with van der Waals surface area (Å²) in [7, 11) is 5.03. The number of hydrogen-bond acceptors (Lipinski definition) is 2. The topological polar surface area (TPSA) is 42.2 Å². The number of carbonyl (C=O) groups is 1. The molecule has 0 radical (unpaired) electrons. The molecule has 2 rings (SSSR count). The number of aryl methyl sites for hydroxylation is 1. The molecule has 16 heavy (non-hydrogen) atoms. The minimum absolute atomic E-state index is 0.0505. The van der Waals surface area contributed by atoms with Crippen molar-refractivity contribution in [2.24, 2.45) is 0 Å². The Morgan fingerprint density at radius 1 is 1.50 bits per heavy atom. The van der Waals surface area contributed by atoms with Crippen molar-refractivity contribution in [1.82, 2.24) is 4.34 Å². The van der Waals surface area contributed by atoms with E-state index < -0.39 is 7.45 Å². The van der Waals surface area contributed by atoms with E-state index in [1.165, 1.54) is 0 Å². The van der Waals surface area contributed by atoms with E-state index in [-0.39, 0.29) is 5.75 Å². The van der Waals surface area contributed by atoms with E-state index >= 15 is 0 Å². The van der Waals surface area contributed by atoms with Gasteiger partial charge in [-0.05, 0) is 24.6 Å². The standard InChI is InChI=1S/C10H12NO2P3/c1-6-4-9(13)8(5-12)7-2-3-11(10(6)7)16(14)15/h2-5,13H,14-15H2,1H3. The second kappa shape index (κ2) is 4.41. The Labute approximate surface area is 99.2 Å². The Balaban J connectivity index is 2.90. The van der Waals surface area contributed by atoms with E-state index in [0.717, 1.165) is 16.5 Å². The molecule has 2 aromatic rings. The second-order valence-corrected chi connectivity index (χ2v) is 9.70. The molecule has 1 aromatic heterocycles. The van der Waals surface area contributed by atoms with Crippen molar-refractivity contribution in [2.75, 3.05) is 0 Å². The molecule has 84 valence electrons. The molecule has 0 spiro atoms. The van der Waals surface area contributed by atoms with Gasteiger partial charge in [-0.25, -0.2) is 0 Å². The van der Waals surface area contributed by atoms with Crippen LogP contribution < -0.4 is 0 Å². The number of benzene rings is 1. The van der Waals surface area contributed by atoms with Crippen LogP contribution in [0.25, 0.3) is 10.9 Å². The van der Waals surface area contributed by atoms with E-state index in [1.807, 2.05) is 19.2 Å². The summed E-state index contributed by atoms with van der Waals surface area (Å²) in [6.07, 6.45) is 2.64. The molecule has 0 saturated heterocycles. The maximum atomic E-state index is 11.0. The van der Waals surface area contributed by atoms with Gasteiger partial charge in [0.05, 0.1) is 11.1 Å². The highest BCUT2D eigenvalue weighted by atomic mass is 32.4. The quantitative estimate of drug-likeness (QED) is 0.672. The summed E-state index contributed by atoms with van der Waals surface area (Å²) in [6, 6.07) is 3.51. The first-order valence-electron chi connectivity index (χ1n) is 4.65. The third-order valence-corrected chi connectivity index (χ3v) is 4.85. The molecular weight excluding hydrogens is 259 g/mol. The summed E-state index contributed by atoms with van der Waals surface area (Å²) < 4.78 is 2.10. The fourth-order valence-electron chi connectivity index (χ4n) is 1.84. The van der Waals surface area contributed by atoms with Crippen LogP contribution in [-0.4, -0.2) is 15.7 Å². The summed E-state index contributed by atoms with van der Waals surface area (Å²) in [5, 5.41) is 10.5. The van der Waals surface area contributed by atoms with Gasteiger partial charge in [-0.1, -0.05) is 17.9 Å². The van der Waals surface area contributed by atoms with E-state index in [0.29, 0.717) is 11.8 Å². The SMILES string of the molecule is Cc1cc(O)c(C=O)c2ccn(P(P)P)c12. The van der Waals surface area contributed by atoms with Crippen LogP contribution in [0.3, 0.4) is 0 Å². The number of aldehydes is 1. The van der Waals surface area contributed by atoms with Crippen molar-refractivity contribution in [2.45, 2.75) is 6.92 Å². The molecule has 0 amide bonds. The van der Waals surface area contributed by atoms with E-state index in [4.69, 9.17) is 0 Å². The Morgan fingerprint density at radius 2 is 2.19 bits per heavy atom. The Kier molecular flexibility index (Phi) is 3.31. The van der Waals surface area contributed by atoms with Gasteiger partial charge in [0.15, 0.2) is 6.29 Å². The first-order valence-corrected chi connectivity index (χ1v) is 9.18. The number of aromatic nitrogens is 1. The van der Waals surface area contributed by atoms with Gasteiger partial charge in [-0.15, -0.1) is 0 Å². The first kappa shape index (κ1) is 12.0. The van der Waals surface area contributed by atoms with Crippen molar-refractivity contribution in [1.29, 1.82) is 0 Å². The number of phenolic OH excluding ortho intramolecular Hbond substituents is 1. The number of phenols is 1. The molecule has 0 aliphatic heterocycles. The molecule has 2 atom stereocenters. The van der Waals surface area contributed by atoms with Crippen LogP contribution in [0.2, 0.25) is 0 Å². The van der Waals surface area contributed by atoms with E-state index in [1.54, 1.807) is 6.07 Å². The molecule has 0 aliphatic carbocycles. The van der Waals surface area contributed by atoms with Gasteiger partial charge in [0.2, 0.25) is 0 Å². The highest BCUT2D eigenvalue weighted by Gasteiger charge is 2.13. The zero-order chi connectivity index (χ0) is 11.9. The van der Waals surface area contributed by atoms with Crippen molar-refractivity contribution in [3.63, 3.8) is 0 Å². The minimum Gasteiger partial charge on any atom is -0.507 e. The molecular formula is C10H12NO2P3. The summed E-state index contributed by atoms with van der Waals surface area (Å²) in [5.41, 5.74) is 2.35. The normalized spacial score (nSPS) is 11.2. The average molecular weight is 271 g/mol. The van der Waals surface area contributed by atoms with E-state index in [9.17, 15) is 9.90 Å². The van der Waals surface area contributed by atoms with Crippen LogP contribution >= 0.6 is 25.3 Å². The molecule has 1 aromatic carbocycles. The van der Waals surface area contributed by atoms with E-state index in [2.05, 4.69) is 22.2 Å². The molecule has 0 saturated carbocycles. The number of aromatic hydroxyl groups is 1. The third-order valence-electron chi connectivity index (χ3n) is 2.53. The van der Waals surface area contributed by atoms with Crippen LogP contribution in [0.4, 0.5) is 0 Å². The van der Waals surface area contributed by atoms with Gasteiger partial charge < -0.3 is 9.44 Å². The molecule has 0 bridgehead atoms. The zero-order valence-corrected chi connectivity index (χ0v) is 11.9. The summed E-state index contributed by atoms with van der Waals surface area (Å²) in [6.45, 7) is 1.93. The number of nitrogens with zero attached hydrogens (tertiary/aromatic N) is 1. The molecule has 1 N–H and O–H groups in total. The maximum absolute atomic E-state index is 11.0. The lowest BCUT2D eigenvalue weighted by atomic mass is 10.1. The van der Waals surface area contributed by atoms with Crippen molar-refractivity contribution in [3.8, 4) is 5.75 Å². The Bertz CT molecular complexity index is 563. The number of rotatable bonds is 2. The van der Waals surface area contributed by atoms with Crippen molar-refractivity contribution < 1.29 is 9.90 Å². The highest BCUT2D eigenvalue weighted by Crippen LogP contribution is 2.56. The number of carbonyl (C=O) groups excluding carboxylic acids is 1. The lowest BCUT2D eigenvalue weighted by Gasteiger charge is -2.12. The van der Waals surface area contributed by atoms with Gasteiger partial charge in [-0.2, -0.15) is 0 Å². The number of fused-ring (bicyclic) bond motifs is 1. The second-order valence-electron chi connectivity index (χ2n) is 3.55. The van der Waals surface area contributed by atoms with Crippen LogP contribution in [-0.2, 0) is 0 Å².